The Morgan fingerprint density at radius 3 is 1.77 bits per heavy atom. The predicted octanol–water partition coefficient (Wildman–Crippen LogP) is 13.8. The second-order valence-electron chi connectivity index (χ2n) is 14.1. The van der Waals surface area contributed by atoms with Gasteiger partial charge < -0.3 is 13.6 Å². The first kappa shape index (κ1) is 28.6. The summed E-state index contributed by atoms with van der Waals surface area (Å²) in [6, 6.07) is 66.2. The van der Waals surface area contributed by atoms with E-state index < -0.39 is 0 Å². The van der Waals surface area contributed by atoms with E-state index in [2.05, 4.69) is 185 Å². The second kappa shape index (κ2) is 10.7. The van der Waals surface area contributed by atoms with Crippen LogP contribution in [-0.2, 0) is 0 Å². The third-order valence-electron chi connectivity index (χ3n) is 11.3. The molecule has 0 aliphatic rings. The lowest BCUT2D eigenvalue weighted by atomic mass is 10.0. The van der Waals surface area contributed by atoms with E-state index in [-0.39, 0.29) is 0 Å². The molecule has 0 amide bonds. The highest BCUT2D eigenvalue weighted by molar-refractivity contribution is 6.18. The van der Waals surface area contributed by atoms with Crippen molar-refractivity contribution in [3.05, 3.63) is 182 Å². The van der Waals surface area contributed by atoms with Gasteiger partial charge in [0, 0.05) is 43.4 Å². The number of rotatable bonds is 3. The van der Waals surface area contributed by atoms with E-state index in [1.54, 1.807) is 0 Å². The third-order valence-corrected chi connectivity index (χ3v) is 11.3. The Hall–Kier alpha value is -7.10. The third kappa shape index (κ3) is 4.10. The molecule has 0 atom stereocenters. The minimum Gasteiger partial charge on any atom is -0.456 e. The molecule has 0 saturated carbocycles. The van der Waals surface area contributed by atoms with Crippen molar-refractivity contribution >= 4 is 87.1 Å². The summed E-state index contributed by atoms with van der Waals surface area (Å²) in [5.41, 5.74) is 11.3. The largest absolute Gasteiger partial charge is 0.456 e. The Bertz CT molecular complexity index is 3460. The summed E-state index contributed by atoms with van der Waals surface area (Å²) in [5.74, 6) is 0. The molecule has 3 nitrogen and oxygen atoms in total. The number of nitrogens with zero attached hydrogens (tertiary/aromatic N) is 2. The lowest BCUT2D eigenvalue weighted by molar-refractivity contribution is 0.669. The Morgan fingerprint density at radius 2 is 0.925 bits per heavy atom. The fourth-order valence-electron chi connectivity index (χ4n) is 8.83. The van der Waals surface area contributed by atoms with Crippen molar-refractivity contribution in [3.63, 3.8) is 0 Å². The van der Waals surface area contributed by atoms with E-state index in [4.69, 9.17) is 4.42 Å². The molecule has 0 unspecified atom stereocenters. The van der Waals surface area contributed by atoms with Crippen LogP contribution >= 0.6 is 0 Å². The molecule has 0 saturated heterocycles. The standard InChI is InChI=1S/C50H30N2O/c1-2-12-33-26-36(23-20-31(33)10-1)51-46-24-21-35(28-41(46)42-30-50-43(29-48(42)51)39-16-6-8-19-49(39)53-50)34-22-25-47-40(27-34)38-15-5-7-17-45(38)52(47)44-18-9-13-32-11-3-4-14-37(32)44/h1-30H. The number of hydrogen-bond acceptors (Lipinski definition) is 1. The van der Waals surface area contributed by atoms with E-state index in [0.29, 0.717) is 0 Å². The molecule has 0 aliphatic heterocycles. The van der Waals surface area contributed by atoms with Crippen LogP contribution in [0.3, 0.4) is 0 Å². The number of benzene rings is 9. The Kier molecular flexibility index (Phi) is 5.77. The van der Waals surface area contributed by atoms with Crippen LogP contribution in [0.25, 0.3) is 110 Å². The van der Waals surface area contributed by atoms with Crippen molar-refractivity contribution in [2.75, 3.05) is 0 Å². The van der Waals surface area contributed by atoms with Gasteiger partial charge in [0.25, 0.3) is 0 Å². The van der Waals surface area contributed by atoms with Crippen LogP contribution in [-0.4, -0.2) is 9.13 Å². The zero-order chi connectivity index (χ0) is 34.6. The van der Waals surface area contributed by atoms with Crippen LogP contribution in [0.5, 0.6) is 0 Å². The molecular weight excluding hydrogens is 645 g/mol. The summed E-state index contributed by atoms with van der Waals surface area (Å²) >= 11 is 0. The molecule has 53 heavy (non-hydrogen) atoms. The zero-order valence-electron chi connectivity index (χ0n) is 28.6. The Morgan fingerprint density at radius 1 is 0.302 bits per heavy atom. The monoisotopic (exact) mass is 674 g/mol. The normalized spacial score (nSPS) is 12.2. The SMILES string of the molecule is c1ccc2cc(-n3c4ccc(-c5ccc6c(c5)c5ccccc5n6-c5cccc6ccccc56)cc4c4cc5oc6ccccc6c5cc43)ccc2c1. The summed E-state index contributed by atoms with van der Waals surface area (Å²) in [6.45, 7) is 0. The van der Waals surface area contributed by atoms with E-state index >= 15 is 0 Å². The Balaban J connectivity index is 1.11. The average Bonchev–Trinajstić information content (AvgIpc) is 3.86. The highest BCUT2D eigenvalue weighted by atomic mass is 16.3. The van der Waals surface area contributed by atoms with Gasteiger partial charge in [-0.05, 0) is 94.0 Å². The molecule has 0 aliphatic carbocycles. The molecule has 3 aromatic heterocycles. The van der Waals surface area contributed by atoms with E-state index in [9.17, 15) is 0 Å². The number of para-hydroxylation sites is 2. The number of fused-ring (bicyclic) bond motifs is 11. The minimum atomic E-state index is 0.907. The van der Waals surface area contributed by atoms with Crippen molar-refractivity contribution < 1.29 is 4.42 Å². The maximum Gasteiger partial charge on any atom is 0.136 e. The second-order valence-corrected chi connectivity index (χ2v) is 14.1. The summed E-state index contributed by atoms with van der Waals surface area (Å²) < 4.78 is 11.3. The van der Waals surface area contributed by atoms with Gasteiger partial charge in [0.2, 0.25) is 0 Å². The van der Waals surface area contributed by atoms with Crippen molar-refractivity contribution in [2.45, 2.75) is 0 Å². The molecule has 12 rings (SSSR count). The first-order chi connectivity index (χ1) is 26.3. The van der Waals surface area contributed by atoms with E-state index in [0.717, 1.165) is 27.6 Å². The van der Waals surface area contributed by atoms with Crippen LogP contribution in [0.2, 0.25) is 0 Å². The summed E-state index contributed by atoms with van der Waals surface area (Å²) in [5, 5.41) is 12.1. The summed E-state index contributed by atoms with van der Waals surface area (Å²) in [7, 11) is 0. The lowest BCUT2D eigenvalue weighted by Crippen LogP contribution is -1.95. The number of aromatic nitrogens is 2. The molecule has 0 bridgehead atoms. The van der Waals surface area contributed by atoms with Gasteiger partial charge in [-0.25, -0.2) is 0 Å². The van der Waals surface area contributed by atoms with Gasteiger partial charge in [-0.15, -0.1) is 0 Å². The van der Waals surface area contributed by atoms with Crippen LogP contribution in [0.15, 0.2) is 186 Å². The fraction of sp³-hybridized carbons (Fsp3) is 0. The summed E-state index contributed by atoms with van der Waals surface area (Å²) in [4.78, 5) is 0. The van der Waals surface area contributed by atoms with Gasteiger partial charge in [0.1, 0.15) is 11.2 Å². The van der Waals surface area contributed by atoms with Crippen molar-refractivity contribution in [1.82, 2.24) is 9.13 Å². The van der Waals surface area contributed by atoms with Crippen LogP contribution < -0.4 is 0 Å². The Labute approximate surface area is 304 Å². The average molecular weight is 675 g/mol. The number of furan rings is 1. The maximum absolute atomic E-state index is 6.44. The molecule has 12 aromatic rings. The lowest BCUT2D eigenvalue weighted by Gasteiger charge is -2.12. The highest BCUT2D eigenvalue weighted by Gasteiger charge is 2.19. The molecule has 0 fully saturated rings. The molecular formula is C50H30N2O. The molecule has 0 spiro atoms. The quantitative estimate of drug-likeness (QED) is 0.183. The van der Waals surface area contributed by atoms with Gasteiger partial charge in [0.05, 0.1) is 27.8 Å². The minimum absolute atomic E-state index is 0.907. The van der Waals surface area contributed by atoms with Gasteiger partial charge in [-0.3, -0.25) is 0 Å². The number of hydrogen-bond donors (Lipinski definition) is 0. The molecule has 3 heterocycles. The zero-order valence-corrected chi connectivity index (χ0v) is 28.6. The van der Waals surface area contributed by atoms with Gasteiger partial charge in [-0.1, -0.05) is 115 Å². The molecule has 246 valence electrons. The van der Waals surface area contributed by atoms with Crippen molar-refractivity contribution in [1.29, 1.82) is 0 Å². The molecule has 3 heteroatoms. The van der Waals surface area contributed by atoms with Gasteiger partial charge >= 0.3 is 0 Å². The maximum atomic E-state index is 6.44. The van der Waals surface area contributed by atoms with Gasteiger partial charge in [0.15, 0.2) is 0 Å². The predicted molar refractivity (Wildman–Crippen MR) is 223 cm³/mol. The first-order valence-corrected chi connectivity index (χ1v) is 18.2. The van der Waals surface area contributed by atoms with Gasteiger partial charge in [-0.2, -0.15) is 0 Å². The van der Waals surface area contributed by atoms with Crippen molar-refractivity contribution in [2.24, 2.45) is 0 Å². The highest BCUT2D eigenvalue weighted by Crippen LogP contribution is 2.41. The van der Waals surface area contributed by atoms with Crippen molar-refractivity contribution in [3.8, 4) is 22.5 Å². The fourth-order valence-corrected chi connectivity index (χ4v) is 8.83. The van der Waals surface area contributed by atoms with Crippen LogP contribution in [0.1, 0.15) is 0 Å². The smallest absolute Gasteiger partial charge is 0.136 e. The topological polar surface area (TPSA) is 23.0 Å². The molecule has 0 N–H and O–H groups in total. The molecule has 9 aromatic carbocycles. The summed E-state index contributed by atoms with van der Waals surface area (Å²) in [6.07, 6.45) is 0. The van der Waals surface area contributed by atoms with E-state index in [1.165, 1.54) is 82.0 Å². The van der Waals surface area contributed by atoms with Crippen LogP contribution in [0.4, 0.5) is 0 Å². The van der Waals surface area contributed by atoms with E-state index in [1.807, 2.05) is 6.07 Å². The van der Waals surface area contributed by atoms with Crippen LogP contribution in [0, 0.1) is 0 Å². The first-order valence-electron chi connectivity index (χ1n) is 18.2. The molecule has 0 radical (unpaired) electrons.